The second-order valence-electron chi connectivity index (χ2n) is 3.26. The van der Waals surface area contributed by atoms with Crippen molar-refractivity contribution in [3.63, 3.8) is 0 Å². The average Bonchev–Trinajstić information content (AvgIpc) is 2.76. The first-order valence-electron chi connectivity index (χ1n) is 4.50. The third-order valence-electron chi connectivity index (χ3n) is 1.79. The minimum atomic E-state index is -0.262. The van der Waals surface area contributed by atoms with E-state index in [-0.39, 0.29) is 6.04 Å². The van der Waals surface area contributed by atoms with Crippen molar-refractivity contribution in [1.29, 1.82) is 0 Å². The van der Waals surface area contributed by atoms with E-state index in [0.717, 1.165) is 5.69 Å². The lowest BCUT2D eigenvalue weighted by molar-refractivity contribution is 0.475. The summed E-state index contributed by atoms with van der Waals surface area (Å²) in [6.07, 6.45) is 3.46. The Labute approximate surface area is 86.3 Å². The summed E-state index contributed by atoms with van der Waals surface area (Å²) in [6.45, 7) is 1.78. The van der Waals surface area contributed by atoms with Gasteiger partial charge in [0.2, 0.25) is 5.89 Å². The van der Waals surface area contributed by atoms with E-state index < -0.39 is 0 Å². The molecule has 7 heteroatoms. The second kappa shape index (κ2) is 3.70. The zero-order valence-corrected chi connectivity index (χ0v) is 8.51. The van der Waals surface area contributed by atoms with Crippen LogP contribution >= 0.6 is 0 Å². The molecule has 0 radical (unpaired) electrons. The summed E-state index contributed by atoms with van der Waals surface area (Å²) in [5, 5.41) is 14.5. The molecule has 0 aromatic carbocycles. The van der Waals surface area contributed by atoms with Gasteiger partial charge >= 0.3 is 6.01 Å². The molecular formula is C8H12N6O. The molecule has 0 bridgehead atoms. The van der Waals surface area contributed by atoms with Gasteiger partial charge in [-0.05, 0) is 6.92 Å². The molecule has 0 saturated heterocycles. The van der Waals surface area contributed by atoms with Gasteiger partial charge in [-0.3, -0.25) is 4.68 Å². The zero-order valence-electron chi connectivity index (χ0n) is 8.51. The van der Waals surface area contributed by atoms with Crippen molar-refractivity contribution in [2.45, 2.75) is 13.0 Å². The van der Waals surface area contributed by atoms with Gasteiger partial charge in [0.05, 0.1) is 17.9 Å². The van der Waals surface area contributed by atoms with Crippen molar-refractivity contribution in [2.24, 2.45) is 12.8 Å². The Bertz CT molecular complexity index is 445. The molecule has 15 heavy (non-hydrogen) atoms. The SMILES string of the molecule is CC(N)c1nnc(Nc2cnn(C)c2)o1. The number of rotatable bonds is 3. The van der Waals surface area contributed by atoms with Crippen LogP contribution in [0.4, 0.5) is 11.7 Å². The Kier molecular flexibility index (Phi) is 2.38. The Morgan fingerprint density at radius 3 is 2.87 bits per heavy atom. The summed E-state index contributed by atoms with van der Waals surface area (Å²) in [4.78, 5) is 0. The number of nitrogens with one attached hydrogen (secondary N) is 1. The number of hydrogen-bond donors (Lipinski definition) is 2. The van der Waals surface area contributed by atoms with Crippen LogP contribution < -0.4 is 11.1 Å². The van der Waals surface area contributed by atoms with E-state index in [1.807, 2.05) is 7.05 Å². The van der Waals surface area contributed by atoms with E-state index in [2.05, 4.69) is 20.6 Å². The van der Waals surface area contributed by atoms with Crippen molar-refractivity contribution in [1.82, 2.24) is 20.0 Å². The summed E-state index contributed by atoms with van der Waals surface area (Å²) in [6, 6.07) is 0.0530. The first kappa shape index (κ1) is 9.66. The molecule has 0 aliphatic rings. The number of aromatic nitrogens is 4. The predicted molar refractivity (Wildman–Crippen MR) is 53.4 cm³/mol. The molecule has 0 aliphatic heterocycles. The number of aryl methyl sites for hydroxylation is 1. The van der Waals surface area contributed by atoms with Gasteiger partial charge in [0.25, 0.3) is 0 Å². The molecule has 7 nitrogen and oxygen atoms in total. The summed E-state index contributed by atoms with van der Waals surface area (Å²) in [5.41, 5.74) is 6.37. The van der Waals surface area contributed by atoms with E-state index in [1.54, 1.807) is 24.0 Å². The molecule has 0 spiro atoms. The molecular weight excluding hydrogens is 196 g/mol. The predicted octanol–water partition coefficient (Wildman–Crippen LogP) is 0.566. The summed E-state index contributed by atoms with van der Waals surface area (Å²) >= 11 is 0. The fourth-order valence-corrected chi connectivity index (χ4v) is 1.08. The van der Waals surface area contributed by atoms with Crippen molar-refractivity contribution < 1.29 is 4.42 Å². The second-order valence-corrected chi connectivity index (χ2v) is 3.26. The van der Waals surface area contributed by atoms with Crippen LogP contribution in [0, 0.1) is 0 Å². The van der Waals surface area contributed by atoms with Gasteiger partial charge in [0.15, 0.2) is 0 Å². The molecule has 1 atom stereocenters. The first-order chi connectivity index (χ1) is 7.15. The maximum absolute atomic E-state index is 5.58. The van der Waals surface area contributed by atoms with Crippen LogP contribution in [-0.2, 0) is 7.05 Å². The highest BCUT2D eigenvalue weighted by Crippen LogP contribution is 2.16. The molecule has 0 amide bonds. The standard InChI is InChI=1S/C8H12N6O/c1-5(9)7-12-13-8(15-7)11-6-3-10-14(2)4-6/h3-5H,9H2,1-2H3,(H,11,13). The van der Waals surface area contributed by atoms with Crippen molar-refractivity contribution in [3.8, 4) is 0 Å². The molecule has 2 aromatic rings. The minimum absolute atomic E-state index is 0.262. The van der Waals surface area contributed by atoms with Gasteiger partial charge in [0, 0.05) is 13.2 Å². The lowest BCUT2D eigenvalue weighted by Gasteiger charge is -1.96. The largest absolute Gasteiger partial charge is 0.406 e. The number of anilines is 2. The van der Waals surface area contributed by atoms with Gasteiger partial charge in [-0.15, -0.1) is 5.10 Å². The third kappa shape index (κ3) is 2.13. The van der Waals surface area contributed by atoms with Crippen LogP contribution in [-0.4, -0.2) is 20.0 Å². The Hall–Kier alpha value is -1.89. The minimum Gasteiger partial charge on any atom is -0.406 e. The van der Waals surface area contributed by atoms with E-state index in [9.17, 15) is 0 Å². The molecule has 0 saturated carbocycles. The lowest BCUT2D eigenvalue weighted by Crippen LogP contribution is -2.04. The van der Waals surface area contributed by atoms with Gasteiger partial charge in [-0.2, -0.15) is 5.10 Å². The maximum atomic E-state index is 5.58. The molecule has 1 unspecified atom stereocenters. The Morgan fingerprint density at radius 1 is 1.53 bits per heavy atom. The van der Waals surface area contributed by atoms with E-state index >= 15 is 0 Å². The van der Waals surface area contributed by atoms with Gasteiger partial charge in [-0.25, -0.2) is 0 Å². The monoisotopic (exact) mass is 208 g/mol. The third-order valence-corrected chi connectivity index (χ3v) is 1.79. The highest BCUT2D eigenvalue weighted by atomic mass is 16.4. The normalized spacial score (nSPS) is 12.7. The smallest absolute Gasteiger partial charge is 0.320 e. The number of hydrogen-bond acceptors (Lipinski definition) is 6. The van der Waals surface area contributed by atoms with Crippen LogP contribution in [0.2, 0.25) is 0 Å². The van der Waals surface area contributed by atoms with Gasteiger partial charge in [0.1, 0.15) is 0 Å². The van der Waals surface area contributed by atoms with E-state index in [4.69, 9.17) is 10.2 Å². The van der Waals surface area contributed by atoms with Gasteiger partial charge < -0.3 is 15.5 Å². The van der Waals surface area contributed by atoms with E-state index in [1.165, 1.54) is 0 Å². The average molecular weight is 208 g/mol. The van der Waals surface area contributed by atoms with Gasteiger partial charge in [-0.1, -0.05) is 5.10 Å². The molecule has 2 rings (SSSR count). The first-order valence-corrected chi connectivity index (χ1v) is 4.50. The zero-order chi connectivity index (χ0) is 10.8. The summed E-state index contributed by atoms with van der Waals surface area (Å²) in [7, 11) is 1.83. The molecule has 2 heterocycles. The fraction of sp³-hybridized carbons (Fsp3) is 0.375. The van der Waals surface area contributed by atoms with Crippen LogP contribution in [0.25, 0.3) is 0 Å². The molecule has 80 valence electrons. The maximum Gasteiger partial charge on any atom is 0.320 e. The highest BCUT2D eigenvalue weighted by Gasteiger charge is 2.09. The molecule has 0 fully saturated rings. The Balaban J connectivity index is 2.11. The number of nitrogens with zero attached hydrogens (tertiary/aromatic N) is 4. The highest BCUT2D eigenvalue weighted by molar-refractivity contribution is 5.48. The van der Waals surface area contributed by atoms with Crippen LogP contribution in [0.3, 0.4) is 0 Å². The molecule has 2 aromatic heterocycles. The summed E-state index contributed by atoms with van der Waals surface area (Å²) < 4.78 is 6.93. The topological polar surface area (TPSA) is 94.8 Å². The van der Waals surface area contributed by atoms with Crippen LogP contribution in [0.1, 0.15) is 18.9 Å². The quantitative estimate of drug-likeness (QED) is 0.765. The lowest BCUT2D eigenvalue weighted by atomic mass is 10.4. The van der Waals surface area contributed by atoms with Crippen molar-refractivity contribution in [2.75, 3.05) is 5.32 Å². The van der Waals surface area contributed by atoms with Crippen LogP contribution in [0.5, 0.6) is 0 Å². The fourth-order valence-electron chi connectivity index (χ4n) is 1.08. The van der Waals surface area contributed by atoms with E-state index in [0.29, 0.717) is 11.9 Å². The van der Waals surface area contributed by atoms with Crippen molar-refractivity contribution >= 4 is 11.7 Å². The van der Waals surface area contributed by atoms with Crippen molar-refractivity contribution in [3.05, 3.63) is 18.3 Å². The number of nitrogens with two attached hydrogens (primary N) is 1. The Morgan fingerprint density at radius 2 is 2.33 bits per heavy atom. The van der Waals surface area contributed by atoms with Crippen LogP contribution in [0.15, 0.2) is 16.8 Å². The summed E-state index contributed by atoms with van der Waals surface area (Å²) in [5.74, 6) is 0.404. The molecule has 3 N–H and O–H groups in total. The molecule has 0 aliphatic carbocycles.